The molecule has 0 atom stereocenters. The summed E-state index contributed by atoms with van der Waals surface area (Å²) in [6.45, 7) is 17.2. The van der Waals surface area contributed by atoms with Crippen LogP contribution in [0.5, 0.6) is 0 Å². The Labute approximate surface area is 518 Å². The Balaban J connectivity index is 0.601. The summed E-state index contributed by atoms with van der Waals surface area (Å²) in [6, 6.07) is 35.5. The normalized spacial score (nSPS) is 16.9. The molecule has 24 heteroatoms. The van der Waals surface area contributed by atoms with Crippen molar-refractivity contribution in [2.75, 3.05) is 196 Å². The molecule has 5 aliphatic heterocycles. The van der Waals surface area contributed by atoms with Crippen LogP contribution >= 0.6 is 0 Å². The van der Waals surface area contributed by atoms with Gasteiger partial charge in [0.1, 0.15) is 17.1 Å². The lowest BCUT2D eigenvalue weighted by molar-refractivity contribution is 0.122. The van der Waals surface area contributed by atoms with E-state index in [0.29, 0.717) is 38.2 Å². The lowest BCUT2D eigenvalue weighted by atomic mass is 10.0. The molecule has 0 unspecified atom stereocenters. The number of likely N-dealkylation sites (N-methyl/N-ethyl adjacent to an activating group) is 1. The number of nitrogens with zero attached hydrogens (tertiary/aromatic N) is 21. The first-order valence-electron chi connectivity index (χ1n) is 31.0. The van der Waals surface area contributed by atoms with E-state index in [4.69, 9.17) is 50.8 Å². The molecule has 0 saturated carbocycles. The van der Waals surface area contributed by atoms with E-state index in [0.717, 1.165) is 214 Å². The first-order chi connectivity index (χ1) is 43.9. The van der Waals surface area contributed by atoms with Crippen molar-refractivity contribution < 1.29 is 4.74 Å². The van der Waals surface area contributed by atoms with Crippen molar-refractivity contribution in [2.24, 2.45) is 5.73 Å². The molecule has 5 fully saturated rings. The Bertz CT molecular complexity index is 3780. The zero-order valence-electron chi connectivity index (χ0n) is 50.2. The lowest BCUT2D eigenvalue weighted by Crippen LogP contribution is -2.48. The number of aromatic nitrogens is 12. The molecule has 3 N–H and O–H groups in total. The predicted octanol–water partition coefficient (Wildman–Crippen LogP) is 5.70. The summed E-state index contributed by atoms with van der Waals surface area (Å²) in [5.41, 5.74) is 18.5. The zero-order valence-corrected chi connectivity index (χ0v) is 50.2. The van der Waals surface area contributed by atoms with Crippen molar-refractivity contribution in [3.8, 4) is 56.0 Å². The van der Waals surface area contributed by atoms with Gasteiger partial charge in [-0.3, -0.25) is 0 Å². The molecule has 89 heavy (non-hydrogen) atoms. The third-order valence-corrected chi connectivity index (χ3v) is 17.5. The molecule has 11 heterocycles. The van der Waals surface area contributed by atoms with Gasteiger partial charge in [-0.1, -0.05) is 78.9 Å². The van der Waals surface area contributed by atoms with Crippen LogP contribution in [0.2, 0.25) is 0 Å². The smallest absolute Gasteiger partial charge is 0.225 e. The van der Waals surface area contributed by atoms with Crippen molar-refractivity contribution in [3.63, 3.8) is 0 Å². The van der Waals surface area contributed by atoms with E-state index in [9.17, 15) is 0 Å². The highest BCUT2D eigenvalue weighted by molar-refractivity contribution is 5.81. The van der Waals surface area contributed by atoms with Crippen LogP contribution in [0, 0.1) is 0 Å². The van der Waals surface area contributed by atoms with Gasteiger partial charge in [0.25, 0.3) is 0 Å². The van der Waals surface area contributed by atoms with Gasteiger partial charge in [-0.05, 0) is 24.2 Å². The van der Waals surface area contributed by atoms with Crippen LogP contribution in [0.3, 0.4) is 0 Å². The van der Waals surface area contributed by atoms with Gasteiger partial charge < -0.3 is 59.9 Å². The molecule has 0 aliphatic carbocycles. The Morgan fingerprint density at radius 1 is 0.371 bits per heavy atom. The lowest BCUT2D eigenvalue weighted by Gasteiger charge is -2.37. The third-order valence-electron chi connectivity index (χ3n) is 17.5. The molecule has 0 radical (unpaired) electrons. The fourth-order valence-electron chi connectivity index (χ4n) is 12.3. The molecule has 3 aromatic carbocycles. The van der Waals surface area contributed by atoms with Gasteiger partial charge in [-0.15, -0.1) is 30.6 Å². The number of rotatable bonds is 16. The summed E-state index contributed by atoms with van der Waals surface area (Å²) in [5.74, 6) is 4.78. The highest BCUT2D eigenvalue weighted by atomic mass is 16.5. The molecule has 0 spiro atoms. The van der Waals surface area contributed by atoms with Gasteiger partial charge in [-0.25, -0.2) is 29.9 Å². The minimum atomic E-state index is 0.521. The second-order valence-electron chi connectivity index (χ2n) is 23.0. The topological polar surface area (TPSA) is 231 Å². The van der Waals surface area contributed by atoms with E-state index >= 15 is 0 Å². The monoisotopic (exact) mass is 1190 g/mol. The van der Waals surface area contributed by atoms with Crippen molar-refractivity contribution >= 4 is 52.4 Å². The summed E-state index contributed by atoms with van der Waals surface area (Å²) in [4.78, 5) is 49.2. The average Bonchev–Trinajstić information content (AvgIpc) is 1.91. The number of ether oxygens (including phenoxy) is 1. The van der Waals surface area contributed by atoms with E-state index in [1.54, 1.807) is 12.4 Å². The van der Waals surface area contributed by atoms with Crippen LogP contribution in [0.1, 0.15) is 0 Å². The van der Waals surface area contributed by atoms with Gasteiger partial charge in [-0.2, -0.15) is 0 Å². The number of nitrogens with one attached hydrogen (secondary N) is 1. The van der Waals surface area contributed by atoms with E-state index in [1.807, 2.05) is 61.2 Å². The summed E-state index contributed by atoms with van der Waals surface area (Å²) in [7, 11) is 2.18. The Kier molecular flexibility index (Phi) is 16.8. The van der Waals surface area contributed by atoms with Gasteiger partial charge in [0.05, 0.1) is 30.3 Å². The van der Waals surface area contributed by atoms with Crippen LogP contribution < -0.4 is 50.2 Å². The highest BCUT2D eigenvalue weighted by Gasteiger charge is 2.28. The van der Waals surface area contributed by atoms with Gasteiger partial charge in [0, 0.05) is 214 Å². The molecule has 9 aromatic rings. The number of hydrogen-bond acceptors (Lipinski definition) is 24. The highest BCUT2D eigenvalue weighted by Crippen LogP contribution is 2.37. The van der Waals surface area contributed by atoms with Crippen LogP contribution in [0.25, 0.3) is 56.0 Å². The number of benzene rings is 3. The minimum Gasteiger partial charge on any atom is -0.382 e. The fraction of sp³-hybridized carbons (Fsp3) is 0.354. The zero-order chi connectivity index (χ0) is 59.9. The molecule has 24 nitrogen and oxygen atoms in total. The summed E-state index contributed by atoms with van der Waals surface area (Å²) in [6.07, 6.45) is 11.3. The molecular formula is C65H73N23O. The van der Waals surface area contributed by atoms with Crippen LogP contribution in [-0.4, -0.2) is 217 Å². The van der Waals surface area contributed by atoms with Gasteiger partial charge in [0.15, 0.2) is 17.5 Å². The molecule has 5 aliphatic rings. The largest absolute Gasteiger partial charge is 0.382 e. The first kappa shape index (κ1) is 57.0. The van der Waals surface area contributed by atoms with Crippen molar-refractivity contribution in [2.45, 2.75) is 0 Å². The van der Waals surface area contributed by atoms with E-state index in [-0.39, 0.29) is 0 Å². The van der Waals surface area contributed by atoms with Crippen molar-refractivity contribution in [1.29, 1.82) is 0 Å². The molecular weight excluding hydrogens is 1120 g/mol. The third kappa shape index (κ3) is 12.7. The summed E-state index contributed by atoms with van der Waals surface area (Å²) < 4.78 is 5.75. The maximum atomic E-state index is 5.86. The summed E-state index contributed by atoms with van der Waals surface area (Å²) in [5, 5.41) is 32.3. The molecule has 5 saturated heterocycles. The van der Waals surface area contributed by atoms with Crippen molar-refractivity contribution in [1.82, 2.24) is 65.4 Å². The SMILES string of the molecule is CN1CCN(c2cc(N3CCN(c4ncc(-c5ccc(-c6nnc(N7CCN(c8ncccn8)CC7)cc6N6CCOCC6)cc5)cn4)CC3)nnc2-c2ccc(-c3cnc(N4CCN(c5cc(NCCN)c(-c6ccccc6)nn5)CC4)nc3)cc2)CC1. The standard InChI is InChI=1S/C65H73N23O/c1-80-20-22-81(23-21-80)55-41-58(75-78-61(55)50-12-8-47(9-13-50)52-43-70-64(71-44-52)87-32-24-83(25-33-87)57-40-54(67-19-16-66)60(77-74-57)49-6-3-2-4-7-49)85-28-34-88(35-29-85)65-72-45-53(46-73-65)48-10-14-51(15-11-48)62-56(82-36-38-89-39-37-82)42-59(76-79-62)84-26-30-86(31-27-84)63-68-17-5-18-69-63/h2-15,17-18,40-46H,16,19-39,66H2,1H3,(H,67,74). The van der Waals surface area contributed by atoms with Gasteiger partial charge >= 0.3 is 0 Å². The fourth-order valence-corrected chi connectivity index (χ4v) is 12.3. The number of piperazine rings is 4. The average molecular weight is 1190 g/mol. The van der Waals surface area contributed by atoms with Crippen molar-refractivity contribution in [3.05, 3.63) is 140 Å². The number of nitrogens with two attached hydrogens (primary N) is 1. The first-order valence-corrected chi connectivity index (χ1v) is 31.0. The van der Waals surface area contributed by atoms with Crippen LogP contribution in [0.15, 0.2) is 140 Å². The second-order valence-corrected chi connectivity index (χ2v) is 23.0. The predicted molar refractivity (Wildman–Crippen MR) is 350 cm³/mol. The molecule has 0 amide bonds. The van der Waals surface area contributed by atoms with Gasteiger partial charge in [0.2, 0.25) is 17.8 Å². The van der Waals surface area contributed by atoms with E-state index in [2.05, 4.69) is 143 Å². The minimum absolute atomic E-state index is 0.521. The Morgan fingerprint density at radius 2 is 0.753 bits per heavy atom. The maximum absolute atomic E-state index is 5.86. The quantitative estimate of drug-likeness (QED) is 0.118. The van der Waals surface area contributed by atoms with E-state index < -0.39 is 0 Å². The van der Waals surface area contributed by atoms with E-state index in [1.165, 1.54) is 0 Å². The number of anilines is 9. The number of hydrogen-bond donors (Lipinski definition) is 2. The maximum Gasteiger partial charge on any atom is 0.225 e. The second kappa shape index (κ2) is 26.3. The molecule has 6 aromatic heterocycles. The van der Waals surface area contributed by atoms with Crippen LogP contribution in [-0.2, 0) is 4.74 Å². The molecule has 0 bridgehead atoms. The Hall–Kier alpha value is -9.78. The summed E-state index contributed by atoms with van der Waals surface area (Å²) >= 11 is 0. The Morgan fingerprint density at radius 3 is 1.21 bits per heavy atom. The molecule has 14 rings (SSSR count). The molecule has 454 valence electrons. The number of morpholine rings is 1. The van der Waals surface area contributed by atoms with Crippen LogP contribution in [0.4, 0.5) is 52.4 Å².